The van der Waals surface area contributed by atoms with E-state index in [1.165, 1.54) is 4.31 Å². The molecular formula is C25H31NO5S. The van der Waals surface area contributed by atoms with Crippen LogP contribution >= 0.6 is 0 Å². The lowest BCUT2D eigenvalue weighted by molar-refractivity contribution is -0.148. The van der Waals surface area contributed by atoms with Gasteiger partial charge in [-0.3, -0.25) is 9.59 Å². The molecule has 0 aromatic heterocycles. The van der Waals surface area contributed by atoms with Gasteiger partial charge in [0, 0.05) is 18.7 Å². The molecule has 0 saturated carbocycles. The van der Waals surface area contributed by atoms with Gasteiger partial charge in [0.25, 0.3) is 0 Å². The SMILES string of the molecule is Cc1ccc(S(=O)(=O)N2CCC(C(=O)OCC(=O)c3ccc(C(C)(C)C)cc3)CC2)cc1. The molecule has 0 spiro atoms. The molecular weight excluding hydrogens is 426 g/mol. The summed E-state index contributed by atoms with van der Waals surface area (Å²) < 4.78 is 32.3. The minimum Gasteiger partial charge on any atom is -0.457 e. The molecule has 1 heterocycles. The van der Waals surface area contributed by atoms with E-state index in [1.54, 1.807) is 36.4 Å². The molecule has 3 rings (SSSR count). The predicted molar refractivity (Wildman–Crippen MR) is 123 cm³/mol. The maximum Gasteiger partial charge on any atom is 0.309 e. The Bertz CT molecular complexity index is 1060. The lowest BCUT2D eigenvalue weighted by Gasteiger charge is -2.30. The molecule has 0 atom stereocenters. The maximum absolute atomic E-state index is 12.8. The average Bonchev–Trinajstić information content (AvgIpc) is 2.77. The van der Waals surface area contributed by atoms with Crippen molar-refractivity contribution in [2.45, 2.75) is 50.8 Å². The van der Waals surface area contributed by atoms with Gasteiger partial charge in [0.05, 0.1) is 10.8 Å². The molecule has 1 saturated heterocycles. The molecule has 0 radical (unpaired) electrons. The fourth-order valence-electron chi connectivity index (χ4n) is 3.69. The molecule has 2 aromatic rings. The summed E-state index contributed by atoms with van der Waals surface area (Å²) in [7, 11) is -3.58. The van der Waals surface area contributed by atoms with Crippen molar-refractivity contribution in [3.8, 4) is 0 Å². The van der Waals surface area contributed by atoms with E-state index in [0.29, 0.717) is 18.4 Å². The zero-order valence-electron chi connectivity index (χ0n) is 19.1. The highest BCUT2D eigenvalue weighted by Crippen LogP contribution is 2.25. The molecule has 2 aromatic carbocycles. The second kappa shape index (κ2) is 9.55. The fourth-order valence-corrected chi connectivity index (χ4v) is 5.15. The molecule has 0 unspecified atom stereocenters. The number of nitrogens with zero attached hydrogens (tertiary/aromatic N) is 1. The second-order valence-corrected chi connectivity index (χ2v) is 11.3. The van der Waals surface area contributed by atoms with E-state index in [9.17, 15) is 18.0 Å². The van der Waals surface area contributed by atoms with E-state index in [1.807, 2.05) is 19.1 Å². The molecule has 1 fully saturated rings. The molecule has 32 heavy (non-hydrogen) atoms. The molecule has 0 bridgehead atoms. The van der Waals surface area contributed by atoms with Gasteiger partial charge in [0.1, 0.15) is 0 Å². The van der Waals surface area contributed by atoms with Crippen LogP contribution in [0.15, 0.2) is 53.4 Å². The number of ether oxygens (including phenoxy) is 1. The number of piperidine rings is 1. The highest BCUT2D eigenvalue weighted by atomic mass is 32.2. The number of aryl methyl sites for hydroxylation is 1. The van der Waals surface area contributed by atoms with Crippen LogP contribution in [-0.2, 0) is 25.0 Å². The summed E-state index contributed by atoms with van der Waals surface area (Å²) in [5, 5.41) is 0. The van der Waals surface area contributed by atoms with Gasteiger partial charge in [-0.25, -0.2) is 8.42 Å². The summed E-state index contributed by atoms with van der Waals surface area (Å²) in [6.45, 7) is 8.39. The Morgan fingerprint density at radius 3 is 2.06 bits per heavy atom. The molecule has 172 valence electrons. The zero-order chi connectivity index (χ0) is 23.5. The van der Waals surface area contributed by atoms with Gasteiger partial charge in [-0.05, 0) is 42.9 Å². The summed E-state index contributed by atoms with van der Waals surface area (Å²) in [6, 6.07) is 14.1. The van der Waals surface area contributed by atoms with Crippen LogP contribution in [0.2, 0.25) is 0 Å². The van der Waals surface area contributed by atoms with Crippen LogP contribution in [-0.4, -0.2) is 44.2 Å². The zero-order valence-corrected chi connectivity index (χ0v) is 19.9. The van der Waals surface area contributed by atoms with E-state index in [0.717, 1.165) is 11.1 Å². The number of hydrogen-bond acceptors (Lipinski definition) is 5. The number of carbonyl (C=O) groups is 2. The Kier molecular flexibility index (Phi) is 7.20. The first-order chi connectivity index (χ1) is 15.0. The smallest absolute Gasteiger partial charge is 0.309 e. The van der Waals surface area contributed by atoms with Crippen LogP contribution in [0.1, 0.15) is 55.1 Å². The van der Waals surface area contributed by atoms with Crippen molar-refractivity contribution in [3.05, 3.63) is 65.2 Å². The van der Waals surface area contributed by atoms with Crippen molar-refractivity contribution < 1.29 is 22.7 Å². The minimum absolute atomic E-state index is 0.00412. The van der Waals surface area contributed by atoms with Crippen LogP contribution in [0.25, 0.3) is 0 Å². The molecule has 1 aliphatic rings. The Labute approximate surface area is 190 Å². The van der Waals surface area contributed by atoms with E-state index in [4.69, 9.17) is 4.74 Å². The predicted octanol–water partition coefficient (Wildman–Crippen LogP) is 4.12. The summed E-state index contributed by atoms with van der Waals surface area (Å²) >= 11 is 0. The van der Waals surface area contributed by atoms with Crippen LogP contribution < -0.4 is 0 Å². The van der Waals surface area contributed by atoms with Crippen LogP contribution in [0.3, 0.4) is 0 Å². The van der Waals surface area contributed by atoms with Gasteiger partial charge in [0.15, 0.2) is 12.4 Å². The number of hydrogen-bond donors (Lipinski definition) is 0. The third-order valence-corrected chi connectivity index (χ3v) is 7.78. The van der Waals surface area contributed by atoms with Gasteiger partial charge in [-0.2, -0.15) is 4.31 Å². The molecule has 0 aliphatic carbocycles. The van der Waals surface area contributed by atoms with Crippen molar-refractivity contribution in [3.63, 3.8) is 0 Å². The van der Waals surface area contributed by atoms with Crippen molar-refractivity contribution in [2.24, 2.45) is 5.92 Å². The summed E-state index contributed by atoms with van der Waals surface area (Å²) in [5.41, 5.74) is 2.61. The Morgan fingerprint density at radius 2 is 1.53 bits per heavy atom. The first-order valence-electron chi connectivity index (χ1n) is 10.9. The van der Waals surface area contributed by atoms with E-state index >= 15 is 0 Å². The normalized spacial score (nSPS) is 16.0. The van der Waals surface area contributed by atoms with Crippen LogP contribution in [0, 0.1) is 12.8 Å². The van der Waals surface area contributed by atoms with E-state index in [2.05, 4.69) is 20.8 Å². The number of Topliss-reactive ketones (excluding diaryl/α,β-unsaturated/α-hetero) is 1. The maximum atomic E-state index is 12.8. The molecule has 1 aliphatic heterocycles. The lowest BCUT2D eigenvalue weighted by Crippen LogP contribution is -2.40. The second-order valence-electron chi connectivity index (χ2n) is 9.35. The van der Waals surface area contributed by atoms with E-state index < -0.39 is 21.9 Å². The van der Waals surface area contributed by atoms with Gasteiger partial charge in [-0.15, -0.1) is 0 Å². The third-order valence-electron chi connectivity index (χ3n) is 5.86. The molecule has 7 heteroatoms. The number of sulfonamides is 1. The van der Waals surface area contributed by atoms with Crippen molar-refractivity contribution in [1.82, 2.24) is 4.31 Å². The summed E-state index contributed by atoms with van der Waals surface area (Å²) in [4.78, 5) is 25.1. The average molecular weight is 458 g/mol. The first kappa shape index (κ1) is 24.1. The molecule has 0 amide bonds. The molecule has 6 nitrogen and oxygen atoms in total. The first-order valence-corrected chi connectivity index (χ1v) is 12.3. The van der Waals surface area contributed by atoms with Gasteiger partial charge >= 0.3 is 5.97 Å². The monoisotopic (exact) mass is 457 g/mol. The number of esters is 1. The Morgan fingerprint density at radius 1 is 0.969 bits per heavy atom. The quantitative estimate of drug-likeness (QED) is 0.482. The van der Waals surface area contributed by atoms with Gasteiger partial charge in [0.2, 0.25) is 10.0 Å². The highest BCUT2D eigenvalue weighted by molar-refractivity contribution is 7.89. The Balaban J connectivity index is 1.51. The van der Waals surface area contributed by atoms with Crippen LogP contribution in [0.5, 0.6) is 0 Å². The fraction of sp³-hybridized carbons (Fsp3) is 0.440. The largest absolute Gasteiger partial charge is 0.457 e. The summed E-state index contributed by atoms with van der Waals surface area (Å²) in [6.07, 6.45) is 0.747. The Hall–Kier alpha value is -2.51. The number of ketones is 1. The number of carbonyl (C=O) groups excluding carboxylic acids is 2. The van der Waals surface area contributed by atoms with E-state index in [-0.39, 0.29) is 35.8 Å². The summed E-state index contributed by atoms with van der Waals surface area (Å²) in [5.74, 6) is -1.11. The number of benzene rings is 2. The highest BCUT2D eigenvalue weighted by Gasteiger charge is 2.33. The van der Waals surface area contributed by atoms with Crippen molar-refractivity contribution in [1.29, 1.82) is 0 Å². The van der Waals surface area contributed by atoms with Crippen LogP contribution in [0.4, 0.5) is 0 Å². The van der Waals surface area contributed by atoms with Gasteiger partial charge < -0.3 is 4.74 Å². The van der Waals surface area contributed by atoms with Crippen molar-refractivity contribution >= 4 is 21.8 Å². The standard InChI is InChI=1S/C25H31NO5S/c1-18-5-11-22(12-6-18)32(29,30)26-15-13-20(14-16-26)24(28)31-17-23(27)19-7-9-21(10-8-19)25(2,3)4/h5-12,20H,13-17H2,1-4H3. The van der Waals surface area contributed by atoms with Gasteiger partial charge in [-0.1, -0.05) is 62.7 Å². The number of rotatable bonds is 6. The van der Waals surface area contributed by atoms with Crippen molar-refractivity contribution in [2.75, 3.05) is 19.7 Å². The lowest BCUT2D eigenvalue weighted by atomic mass is 9.86. The topological polar surface area (TPSA) is 80.8 Å². The molecule has 0 N–H and O–H groups in total. The third kappa shape index (κ3) is 5.64. The minimum atomic E-state index is -3.58.